The van der Waals surface area contributed by atoms with E-state index in [0.717, 1.165) is 85.3 Å². The maximum atomic E-state index is 6.67. The van der Waals surface area contributed by atoms with Crippen LogP contribution in [0.4, 0.5) is 0 Å². The van der Waals surface area contributed by atoms with Crippen LogP contribution in [0, 0.1) is 15.9 Å². The molecule has 4 bridgehead atoms. The first kappa shape index (κ1) is 37.4. The summed E-state index contributed by atoms with van der Waals surface area (Å²) in [6, 6.07) is 56.6. The first-order chi connectivity index (χ1) is 29.9. The fourth-order valence-corrected chi connectivity index (χ4v) is 9.80. The summed E-state index contributed by atoms with van der Waals surface area (Å²) in [4.78, 5) is 10.1. The molecule has 0 saturated carbocycles. The van der Waals surface area contributed by atoms with E-state index in [9.17, 15) is 0 Å². The monoisotopic (exact) mass is 970 g/mol. The molecular formula is C54H41N5OPt-2. The van der Waals surface area contributed by atoms with Crippen LogP contribution in [0.2, 0.25) is 0 Å². The summed E-state index contributed by atoms with van der Waals surface area (Å²) >= 11 is 2.43. The van der Waals surface area contributed by atoms with Crippen LogP contribution >= 0.6 is 0 Å². The van der Waals surface area contributed by atoms with Crippen molar-refractivity contribution in [1.82, 2.24) is 23.5 Å². The zero-order valence-corrected chi connectivity index (χ0v) is 36.1. The van der Waals surface area contributed by atoms with Crippen LogP contribution in [0.3, 0.4) is 0 Å². The average Bonchev–Trinajstić information content (AvgIpc) is 3.82. The third-order valence-corrected chi connectivity index (χ3v) is 13.0. The molecule has 0 spiro atoms. The van der Waals surface area contributed by atoms with Gasteiger partial charge in [-0.25, -0.2) is 0 Å². The molecule has 0 N–H and O–H groups in total. The summed E-state index contributed by atoms with van der Waals surface area (Å²) in [6.45, 7) is 4.49. The molecule has 0 radical (unpaired) electrons. The van der Waals surface area contributed by atoms with Crippen LogP contribution in [0.5, 0.6) is 11.5 Å². The summed E-state index contributed by atoms with van der Waals surface area (Å²) in [7, 11) is 0. The molecule has 6 nitrogen and oxygen atoms in total. The number of nitrogens with zero attached hydrogens (tertiary/aromatic N) is 5. The molecule has 0 amide bonds. The van der Waals surface area contributed by atoms with Crippen molar-refractivity contribution in [3.8, 4) is 45.3 Å². The van der Waals surface area contributed by atoms with E-state index in [4.69, 9.17) is 14.7 Å². The van der Waals surface area contributed by atoms with Crippen LogP contribution in [-0.4, -0.2) is 23.5 Å². The van der Waals surface area contributed by atoms with E-state index in [1.54, 1.807) is 0 Å². The molecule has 0 saturated heterocycles. The van der Waals surface area contributed by atoms with Gasteiger partial charge in [0, 0.05) is 11.8 Å². The number of aryl methyl sites for hydroxylation is 4. The Bertz CT molecular complexity index is 3330. The number of ether oxygens (including phenoxy) is 1. The molecule has 4 aliphatic rings. The molecule has 0 unspecified atom stereocenters. The molecule has 0 atom stereocenters. The standard InChI is InChI=1S/C54H41N5O.Pt/c1-36(2)47-31-54(56-33-49(47)40-12-7-4-8-13-40)59-50-26-23-41(39-10-5-3-6-11-39)28-48(50)46-25-24-45(30-51(46)59)60-44-15-9-14-43(29-44)57-34-52-42-22-20-37-16-18-38(19-17-37)21-27-53(55-32-42)58(52)35-57;/h3-19,23-26,28,31-34,36H,20-22,27H2,1-2H3;/q-2;. The molecule has 0 aliphatic carbocycles. The van der Waals surface area contributed by atoms with Gasteiger partial charge >= 0.3 is 247 Å². The van der Waals surface area contributed by atoms with Crippen molar-refractivity contribution in [3.63, 3.8) is 0 Å². The van der Waals surface area contributed by atoms with Gasteiger partial charge in [-0.05, 0) is 28.2 Å². The summed E-state index contributed by atoms with van der Waals surface area (Å²) in [5, 5.41) is 2.21. The average molecular weight is 971 g/mol. The van der Waals surface area contributed by atoms with Gasteiger partial charge in [-0.2, -0.15) is 0 Å². The number of fused-ring (bicyclic) bond motifs is 3. The molecule has 14 rings (SSSR count). The van der Waals surface area contributed by atoms with Gasteiger partial charge in [0.2, 0.25) is 0 Å². The molecule has 4 aromatic heterocycles. The van der Waals surface area contributed by atoms with Crippen molar-refractivity contribution in [1.29, 1.82) is 0 Å². The Morgan fingerprint density at radius 1 is 0.623 bits per heavy atom. The summed E-state index contributed by atoms with van der Waals surface area (Å²) in [5.41, 5.74) is 13.8. The zero-order chi connectivity index (χ0) is 41.0. The molecule has 300 valence electrons. The van der Waals surface area contributed by atoms with Crippen molar-refractivity contribution in [2.75, 3.05) is 0 Å². The molecule has 0 fully saturated rings. The number of aromatic nitrogens is 5. The summed E-state index contributed by atoms with van der Waals surface area (Å²) < 4.78 is 14.5. The normalized spacial score (nSPS) is 12.7. The van der Waals surface area contributed by atoms with Crippen molar-refractivity contribution in [2.45, 2.75) is 45.4 Å². The fraction of sp³-hybridized carbons (Fsp3) is 0.130. The Morgan fingerprint density at radius 3 is 2.13 bits per heavy atom. The Hall–Kier alpha value is -6.62. The first-order valence-corrected chi connectivity index (χ1v) is 22.0. The number of imidazole rings is 1. The fourth-order valence-electron chi connectivity index (χ4n) is 8.81. The Balaban J connectivity index is 1.00. The van der Waals surface area contributed by atoms with Crippen LogP contribution in [0.25, 0.3) is 61.1 Å². The van der Waals surface area contributed by atoms with Crippen LogP contribution < -0.4 is 4.74 Å². The van der Waals surface area contributed by atoms with Crippen molar-refractivity contribution < 1.29 is 24.1 Å². The molecule has 4 aliphatic heterocycles. The van der Waals surface area contributed by atoms with Gasteiger partial charge in [0.15, 0.2) is 0 Å². The number of hydrogen-bond acceptors (Lipinski definition) is 3. The minimum Gasteiger partial charge on any atom is -0.0622 e. The summed E-state index contributed by atoms with van der Waals surface area (Å²) in [5.74, 6) is 3.40. The molecule has 10 aromatic rings. The first-order valence-electron chi connectivity index (χ1n) is 20.9. The second-order valence-corrected chi connectivity index (χ2v) is 17.2. The van der Waals surface area contributed by atoms with Gasteiger partial charge in [0.05, 0.1) is 0 Å². The van der Waals surface area contributed by atoms with E-state index in [1.807, 2.05) is 24.4 Å². The van der Waals surface area contributed by atoms with E-state index in [1.165, 1.54) is 33.3 Å². The Labute approximate surface area is 365 Å². The van der Waals surface area contributed by atoms with Crippen LogP contribution in [-0.2, 0) is 45.0 Å². The maximum absolute atomic E-state index is 6.67. The number of hydrogen-bond donors (Lipinski definition) is 0. The van der Waals surface area contributed by atoms with Crippen LogP contribution in [0.1, 0.15) is 47.8 Å². The van der Waals surface area contributed by atoms with Gasteiger partial charge in [-0.1, -0.05) is 80.6 Å². The number of rotatable bonds is 7. The van der Waals surface area contributed by atoms with Gasteiger partial charge in [-0.15, -0.1) is 0 Å². The molecule has 6 aromatic carbocycles. The third-order valence-electron chi connectivity index (χ3n) is 12.0. The van der Waals surface area contributed by atoms with E-state index < -0.39 is 0 Å². The molecular weight excluding hydrogens is 930 g/mol. The van der Waals surface area contributed by atoms with E-state index in [-0.39, 0.29) is 5.92 Å². The van der Waals surface area contributed by atoms with Crippen molar-refractivity contribution >= 4 is 27.3 Å². The van der Waals surface area contributed by atoms with Crippen LogP contribution in [0.15, 0.2) is 158 Å². The van der Waals surface area contributed by atoms with Gasteiger partial charge in [-0.3, -0.25) is 0 Å². The molecule has 8 heterocycles. The smallest absolute Gasteiger partial charge is 0.0622 e. The van der Waals surface area contributed by atoms with E-state index in [0.29, 0.717) is 11.5 Å². The van der Waals surface area contributed by atoms with Gasteiger partial charge in [0.25, 0.3) is 0 Å². The van der Waals surface area contributed by atoms with E-state index >= 15 is 0 Å². The predicted molar refractivity (Wildman–Crippen MR) is 240 cm³/mol. The van der Waals surface area contributed by atoms with E-state index in [2.05, 4.69) is 193 Å². The SMILES string of the molecule is CC(C)c1cc(-n2c3[c-]c(Oc4[c-]c(-n5cc6c7cnc(n6[c]5=[Pt])CCc5ccc(cc5)CC7)ccc4)ccc3c3cc(-c4ccccc4)ccc32)ncc1-c1ccccc1. The minimum atomic E-state index is 0.285. The Morgan fingerprint density at radius 2 is 1.36 bits per heavy atom. The second-order valence-electron chi connectivity index (χ2n) is 16.1. The quantitative estimate of drug-likeness (QED) is 0.150. The second kappa shape index (κ2) is 15.4. The number of benzene rings is 6. The number of pyridine rings is 1. The van der Waals surface area contributed by atoms with Gasteiger partial charge in [0.1, 0.15) is 0 Å². The molecule has 61 heavy (non-hydrogen) atoms. The Kier molecular flexibility index (Phi) is 9.46. The predicted octanol–water partition coefficient (Wildman–Crippen LogP) is 12.4. The topological polar surface area (TPSA) is 49.3 Å². The van der Waals surface area contributed by atoms with Gasteiger partial charge < -0.3 is 0 Å². The minimum absolute atomic E-state index is 0.285. The third kappa shape index (κ3) is 6.85. The molecule has 7 heteroatoms. The van der Waals surface area contributed by atoms with Crippen molar-refractivity contribution in [2.24, 2.45) is 0 Å². The zero-order valence-electron chi connectivity index (χ0n) is 33.9. The summed E-state index contributed by atoms with van der Waals surface area (Å²) in [6.07, 6.45) is 10.0. The van der Waals surface area contributed by atoms with Crippen molar-refractivity contribution in [3.05, 3.63) is 202 Å².